The van der Waals surface area contributed by atoms with Gasteiger partial charge in [0, 0.05) is 12.5 Å². The highest BCUT2D eigenvalue weighted by molar-refractivity contribution is 5.98. The molecule has 1 aromatic carbocycles. The van der Waals surface area contributed by atoms with Crippen molar-refractivity contribution in [1.29, 1.82) is 0 Å². The fourth-order valence-electron chi connectivity index (χ4n) is 1.24. The molecule has 0 saturated carbocycles. The van der Waals surface area contributed by atoms with E-state index in [2.05, 4.69) is 0 Å². The van der Waals surface area contributed by atoms with Gasteiger partial charge in [-0.15, -0.1) is 0 Å². The maximum absolute atomic E-state index is 13.5. The molecule has 0 aliphatic rings. The van der Waals surface area contributed by atoms with Gasteiger partial charge in [0.25, 0.3) is 0 Å². The normalized spacial score (nSPS) is 12.6. The number of aryl methyl sites for hydroxylation is 1. The summed E-state index contributed by atoms with van der Waals surface area (Å²) in [5.41, 5.74) is 5.06. The van der Waals surface area contributed by atoms with Crippen LogP contribution in [-0.2, 0) is 0 Å². The molecule has 1 aromatic rings. The summed E-state index contributed by atoms with van der Waals surface area (Å²) in [6.07, 6.45) is 0. The molecule has 82 valence electrons. The average Bonchev–Trinajstić information content (AvgIpc) is 2.22. The first-order valence-corrected chi connectivity index (χ1v) is 4.68. The minimum Gasteiger partial charge on any atom is -0.330 e. The quantitative estimate of drug-likeness (QED) is 0.781. The van der Waals surface area contributed by atoms with Crippen molar-refractivity contribution in [2.24, 2.45) is 11.7 Å². The molecule has 1 unspecified atom stereocenters. The van der Waals surface area contributed by atoms with E-state index in [4.69, 9.17) is 5.73 Å². The van der Waals surface area contributed by atoms with Crippen molar-refractivity contribution in [3.63, 3.8) is 0 Å². The number of benzene rings is 1. The maximum Gasteiger partial charge on any atom is 0.172 e. The van der Waals surface area contributed by atoms with Crippen LogP contribution in [0.5, 0.6) is 0 Å². The molecule has 15 heavy (non-hydrogen) atoms. The van der Waals surface area contributed by atoms with Crippen LogP contribution in [-0.4, -0.2) is 12.3 Å². The van der Waals surface area contributed by atoms with E-state index in [-0.39, 0.29) is 12.1 Å². The lowest BCUT2D eigenvalue weighted by atomic mass is 9.97. The molecule has 0 heterocycles. The van der Waals surface area contributed by atoms with Crippen LogP contribution in [0.1, 0.15) is 22.8 Å². The van der Waals surface area contributed by atoms with Crippen molar-refractivity contribution in [1.82, 2.24) is 0 Å². The standard InChI is InChI=1S/C11H13F2NO/c1-6-3-4-8(12)9(10(6)13)11(15)7(2)5-14/h3-4,7H,5,14H2,1-2H3. The SMILES string of the molecule is Cc1ccc(F)c(C(=O)C(C)CN)c1F. The highest BCUT2D eigenvalue weighted by atomic mass is 19.1. The van der Waals surface area contributed by atoms with Crippen LogP contribution in [0.2, 0.25) is 0 Å². The zero-order valence-electron chi connectivity index (χ0n) is 8.68. The Morgan fingerprint density at radius 3 is 2.60 bits per heavy atom. The van der Waals surface area contributed by atoms with Gasteiger partial charge in [0.15, 0.2) is 5.78 Å². The molecule has 2 nitrogen and oxygen atoms in total. The lowest BCUT2D eigenvalue weighted by Gasteiger charge is -2.10. The second-order valence-electron chi connectivity index (χ2n) is 3.55. The second-order valence-corrected chi connectivity index (χ2v) is 3.55. The zero-order chi connectivity index (χ0) is 11.6. The Bertz CT molecular complexity index is 390. The van der Waals surface area contributed by atoms with E-state index < -0.39 is 28.9 Å². The molecule has 0 amide bonds. The molecule has 0 spiro atoms. The average molecular weight is 213 g/mol. The van der Waals surface area contributed by atoms with Crippen LogP contribution in [0.3, 0.4) is 0 Å². The molecule has 0 aromatic heterocycles. The molecule has 1 atom stereocenters. The largest absolute Gasteiger partial charge is 0.330 e. The molecule has 2 N–H and O–H groups in total. The van der Waals surface area contributed by atoms with Crippen LogP contribution in [0.4, 0.5) is 8.78 Å². The van der Waals surface area contributed by atoms with Crippen molar-refractivity contribution >= 4 is 5.78 Å². The predicted octanol–water partition coefficient (Wildman–Crippen LogP) is 2.05. The Hall–Kier alpha value is -1.29. The number of carbonyl (C=O) groups is 1. The Balaban J connectivity index is 3.24. The number of hydrogen-bond donors (Lipinski definition) is 1. The van der Waals surface area contributed by atoms with Crippen LogP contribution < -0.4 is 5.73 Å². The smallest absolute Gasteiger partial charge is 0.172 e. The number of rotatable bonds is 3. The molecule has 0 bridgehead atoms. The van der Waals surface area contributed by atoms with Gasteiger partial charge in [-0.05, 0) is 18.6 Å². The molecule has 1 rings (SSSR count). The van der Waals surface area contributed by atoms with E-state index in [9.17, 15) is 13.6 Å². The monoisotopic (exact) mass is 213 g/mol. The van der Waals surface area contributed by atoms with Crippen molar-refractivity contribution in [2.45, 2.75) is 13.8 Å². The summed E-state index contributed by atoms with van der Waals surface area (Å²) in [4.78, 5) is 11.6. The Kier molecular flexibility index (Phi) is 3.52. The van der Waals surface area contributed by atoms with Crippen LogP contribution in [0, 0.1) is 24.5 Å². The van der Waals surface area contributed by atoms with Gasteiger partial charge in [0.2, 0.25) is 0 Å². The summed E-state index contributed by atoms with van der Waals surface area (Å²) >= 11 is 0. The van der Waals surface area contributed by atoms with Gasteiger partial charge in [0.05, 0.1) is 5.56 Å². The highest BCUT2D eigenvalue weighted by Gasteiger charge is 2.22. The van der Waals surface area contributed by atoms with Crippen molar-refractivity contribution in [3.8, 4) is 0 Å². The summed E-state index contributed by atoms with van der Waals surface area (Å²) < 4.78 is 26.8. The fourth-order valence-corrected chi connectivity index (χ4v) is 1.24. The van der Waals surface area contributed by atoms with Gasteiger partial charge < -0.3 is 5.73 Å². The summed E-state index contributed by atoms with van der Waals surface area (Å²) in [5, 5.41) is 0. The van der Waals surface area contributed by atoms with Crippen molar-refractivity contribution in [2.75, 3.05) is 6.54 Å². The van der Waals surface area contributed by atoms with E-state index in [1.165, 1.54) is 13.0 Å². The summed E-state index contributed by atoms with van der Waals surface area (Å²) in [6, 6.07) is 2.39. The minimum atomic E-state index is -0.830. The fraction of sp³-hybridized carbons (Fsp3) is 0.364. The number of hydrogen-bond acceptors (Lipinski definition) is 2. The molecule has 0 aliphatic carbocycles. The third kappa shape index (κ3) is 2.21. The van der Waals surface area contributed by atoms with E-state index in [0.29, 0.717) is 0 Å². The van der Waals surface area contributed by atoms with Crippen LogP contribution >= 0.6 is 0 Å². The first-order valence-electron chi connectivity index (χ1n) is 4.68. The molecular formula is C11H13F2NO. The van der Waals surface area contributed by atoms with E-state index in [0.717, 1.165) is 6.07 Å². The highest BCUT2D eigenvalue weighted by Crippen LogP contribution is 2.19. The van der Waals surface area contributed by atoms with Gasteiger partial charge in [0.1, 0.15) is 11.6 Å². The summed E-state index contributed by atoms with van der Waals surface area (Å²) in [6.45, 7) is 3.11. The third-order valence-electron chi connectivity index (χ3n) is 2.33. The minimum absolute atomic E-state index is 0.0751. The lowest BCUT2D eigenvalue weighted by molar-refractivity contribution is 0.0925. The molecule has 0 fully saturated rings. The topological polar surface area (TPSA) is 43.1 Å². The number of carbonyl (C=O) groups excluding carboxylic acids is 1. The number of nitrogens with two attached hydrogens (primary N) is 1. The lowest BCUT2D eigenvalue weighted by Crippen LogP contribution is -2.23. The Morgan fingerprint density at radius 1 is 1.47 bits per heavy atom. The van der Waals surface area contributed by atoms with Crippen molar-refractivity contribution < 1.29 is 13.6 Å². The zero-order valence-corrected chi connectivity index (χ0v) is 8.68. The third-order valence-corrected chi connectivity index (χ3v) is 2.33. The molecule has 0 radical (unpaired) electrons. The van der Waals surface area contributed by atoms with E-state index in [1.807, 2.05) is 0 Å². The molecule has 0 aliphatic heterocycles. The molecule has 0 saturated heterocycles. The van der Waals surface area contributed by atoms with Crippen LogP contribution in [0.15, 0.2) is 12.1 Å². The number of Topliss-reactive ketones (excluding diaryl/α,β-unsaturated/α-hetero) is 1. The van der Waals surface area contributed by atoms with Gasteiger partial charge in [-0.3, -0.25) is 4.79 Å². The second kappa shape index (κ2) is 4.49. The van der Waals surface area contributed by atoms with Gasteiger partial charge >= 0.3 is 0 Å². The van der Waals surface area contributed by atoms with E-state index in [1.54, 1.807) is 6.92 Å². The Morgan fingerprint density at radius 2 is 2.07 bits per heavy atom. The first-order chi connectivity index (χ1) is 6.99. The van der Waals surface area contributed by atoms with E-state index >= 15 is 0 Å². The van der Waals surface area contributed by atoms with Gasteiger partial charge in [-0.25, -0.2) is 8.78 Å². The first kappa shape index (κ1) is 11.8. The summed E-state index contributed by atoms with van der Waals surface area (Å²) in [5.74, 6) is -2.78. The predicted molar refractivity (Wildman–Crippen MR) is 53.6 cm³/mol. The van der Waals surface area contributed by atoms with Gasteiger partial charge in [-0.1, -0.05) is 13.0 Å². The molecule has 4 heteroatoms. The summed E-state index contributed by atoms with van der Waals surface area (Å²) in [7, 11) is 0. The van der Waals surface area contributed by atoms with Crippen LogP contribution in [0.25, 0.3) is 0 Å². The van der Waals surface area contributed by atoms with Crippen molar-refractivity contribution in [3.05, 3.63) is 34.9 Å². The van der Waals surface area contributed by atoms with Gasteiger partial charge in [-0.2, -0.15) is 0 Å². The Labute approximate surface area is 87.1 Å². The number of ketones is 1. The number of halogens is 2. The maximum atomic E-state index is 13.5. The molecular weight excluding hydrogens is 200 g/mol.